The van der Waals surface area contributed by atoms with Crippen molar-refractivity contribution in [2.24, 2.45) is 5.73 Å². The lowest BCUT2D eigenvalue weighted by Gasteiger charge is -2.04. The molecule has 0 atom stereocenters. The fraction of sp³-hybridized carbons (Fsp3) is 0.500. The number of nitrogen functional groups attached to an aromatic ring is 1. The van der Waals surface area contributed by atoms with Crippen LogP contribution in [0.4, 0.5) is 10.7 Å². The van der Waals surface area contributed by atoms with Crippen molar-refractivity contribution >= 4 is 33.8 Å². The first-order chi connectivity index (χ1) is 9.54. The Hall–Kier alpha value is -1.80. The van der Waals surface area contributed by atoms with E-state index in [-0.39, 0.29) is 23.2 Å². The Morgan fingerprint density at radius 3 is 2.70 bits per heavy atom. The summed E-state index contributed by atoms with van der Waals surface area (Å²) in [6.45, 7) is 0.972. The zero-order chi connectivity index (χ0) is 14.7. The van der Waals surface area contributed by atoms with Gasteiger partial charge in [0.05, 0.1) is 17.9 Å². The van der Waals surface area contributed by atoms with E-state index in [9.17, 15) is 9.59 Å². The van der Waals surface area contributed by atoms with Crippen molar-refractivity contribution < 1.29 is 14.3 Å². The van der Waals surface area contributed by atoms with Gasteiger partial charge in [-0.3, -0.25) is 9.59 Å². The Bertz CT molecular complexity index is 525. The summed E-state index contributed by atoms with van der Waals surface area (Å²) in [7, 11) is 1.58. The topological polar surface area (TPSA) is 119 Å². The van der Waals surface area contributed by atoms with E-state index in [2.05, 4.69) is 10.6 Å². The van der Waals surface area contributed by atoms with Crippen LogP contribution in [0.3, 0.4) is 0 Å². The highest BCUT2D eigenvalue weighted by Gasteiger charge is 2.28. The molecule has 0 aliphatic heterocycles. The molecule has 1 fully saturated rings. The van der Waals surface area contributed by atoms with Gasteiger partial charge in [0.1, 0.15) is 9.88 Å². The molecule has 0 aromatic carbocycles. The number of thiophene rings is 1. The third-order valence-electron chi connectivity index (χ3n) is 2.90. The molecule has 0 saturated heterocycles. The number of nitrogens with one attached hydrogen (secondary N) is 2. The highest BCUT2D eigenvalue weighted by molar-refractivity contribution is 7.19. The molecule has 0 spiro atoms. The number of ether oxygens (including phenoxy) is 1. The van der Waals surface area contributed by atoms with Gasteiger partial charge in [0, 0.05) is 19.7 Å². The van der Waals surface area contributed by atoms with Gasteiger partial charge in [-0.1, -0.05) is 0 Å². The minimum Gasteiger partial charge on any atom is -0.397 e. The molecule has 20 heavy (non-hydrogen) atoms. The monoisotopic (exact) mass is 298 g/mol. The Morgan fingerprint density at radius 2 is 2.15 bits per heavy atom. The second-order valence-electron chi connectivity index (χ2n) is 4.58. The molecule has 0 bridgehead atoms. The minimum absolute atomic E-state index is 0.139. The van der Waals surface area contributed by atoms with E-state index < -0.39 is 5.91 Å². The summed E-state index contributed by atoms with van der Waals surface area (Å²) < 4.78 is 4.92. The normalized spacial score (nSPS) is 14.1. The first-order valence-electron chi connectivity index (χ1n) is 6.30. The zero-order valence-corrected chi connectivity index (χ0v) is 12.0. The molecule has 6 N–H and O–H groups in total. The van der Waals surface area contributed by atoms with Gasteiger partial charge in [0.15, 0.2) is 0 Å². The molecule has 1 aromatic rings. The molecule has 2 amide bonds. The highest BCUT2D eigenvalue weighted by atomic mass is 32.1. The van der Waals surface area contributed by atoms with E-state index in [1.165, 1.54) is 0 Å². The molecule has 0 unspecified atom stereocenters. The number of anilines is 2. The average Bonchev–Trinajstić information content (AvgIpc) is 3.12. The molecule has 1 heterocycles. The molecular formula is C12H18N4O3S. The lowest BCUT2D eigenvalue weighted by atomic mass is 10.2. The van der Waals surface area contributed by atoms with E-state index in [1.54, 1.807) is 7.11 Å². The first-order valence-corrected chi connectivity index (χ1v) is 7.12. The fourth-order valence-electron chi connectivity index (χ4n) is 1.73. The summed E-state index contributed by atoms with van der Waals surface area (Å²) in [4.78, 5) is 23.9. The number of primary amides is 1. The van der Waals surface area contributed by atoms with E-state index in [1.807, 2.05) is 0 Å². The van der Waals surface area contributed by atoms with Crippen molar-refractivity contribution in [2.45, 2.75) is 18.9 Å². The first kappa shape index (κ1) is 14.6. The molecule has 1 aliphatic rings. The number of methoxy groups -OCH3 is 1. The van der Waals surface area contributed by atoms with E-state index >= 15 is 0 Å². The number of carbonyl (C=O) groups excluding carboxylic acids is 2. The fourth-order valence-corrected chi connectivity index (χ4v) is 2.78. The van der Waals surface area contributed by atoms with Gasteiger partial charge in [0.25, 0.3) is 11.8 Å². The van der Waals surface area contributed by atoms with Gasteiger partial charge in [-0.15, -0.1) is 11.3 Å². The number of rotatable bonds is 7. The lowest BCUT2D eigenvalue weighted by molar-refractivity contribution is 0.0955. The van der Waals surface area contributed by atoms with Crippen LogP contribution in [0.1, 0.15) is 32.9 Å². The van der Waals surface area contributed by atoms with Crippen LogP contribution in [-0.2, 0) is 4.74 Å². The van der Waals surface area contributed by atoms with Gasteiger partial charge in [-0.05, 0) is 12.8 Å². The summed E-state index contributed by atoms with van der Waals surface area (Å²) in [6.07, 6.45) is 1.97. The van der Waals surface area contributed by atoms with Crippen molar-refractivity contribution in [3.63, 3.8) is 0 Å². The van der Waals surface area contributed by atoms with Gasteiger partial charge in [-0.25, -0.2) is 0 Å². The van der Waals surface area contributed by atoms with Crippen LogP contribution in [0.5, 0.6) is 0 Å². The quantitative estimate of drug-likeness (QED) is 0.542. The van der Waals surface area contributed by atoms with E-state index in [0.717, 1.165) is 24.2 Å². The van der Waals surface area contributed by atoms with Crippen molar-refractivity contribution in [1.82, 2.24) is 5.32 Å². The summed E-state index contributed by atoms with van der Waals surface area (Å²) in [5, 5.41) is 6.37. The number of hydrogen-bond acceptors (Lipinski definition) is 6. The van der Waals surface area contributed by atoms with Crippen molar-refractivity contribution in [1.29, 1.82) is 0 Å². The van der Waals surface area contributed by atoms with Gasteiger partial charge in [-0.2, -0.15) is 0 Å². The molecule has 7 nitrogen and oxygen atoms in total. The largest absolute Gasteiger partial charge is 0.397 e. The number of amides is 2. The smallest absolute Gasteiger partial charge is 0.263 e. The Balaban J connectivity index is 2.21. The van der Waals surface area contributed by atoms with Crippen LogP contribution in [0.25, 0.3) is 0 Å². The SMILES string of the molecule is COCCNc1sc(C(=O)NC2CC2)c(N)c1C(N)=O. The van der Waals surface area contributed by atoms with E-state index in [0.29, 0.717) is 23.0 Å². The number of nitrogens with two attached hydrogens (primary N) is 2. The Labute approximate surface area is 120 Å². The maximum atomic E-state index is 12.0. The van der Waals surface area contributed by atoms with Crippen LogP contribution in [0, 0.1) is 0 Å². The van der Waals surface area contributed by atoms with Crippen molar-refractivity contribution in [3.8, 4) is 0 Å². The molecule has 8 heteroatoms. The van der Waals surface area contributed by atoms with Crippen molar-refractivity contribution in [2.75, 3.05) is 31.3 Å². The average molecular weight is 298 g/mol. The molecule has 1 aromatic heterocycles. The summed E-state index contributed by atoms with van der Waals surface area (Å²) in [6, 6.07) is 0.228. The van der Waals surface area contributed by atoms with Gasteiger partial charge in [0.2, 0.25) is 0 Å². The number of hydrogen-bond donors (Lipinski definition) is 4. The predicted molar refractivity (Wildman–Crippen MR) is 78.1 cm³/mol. The molecular weight excluding hydrogens is 280 g/mol. The standard InChI is InChI=1S/C12H18N4O3S/c1-19-5-4-15-12-7(10(14)17)8(13)9(20-12)11(18)16-6-2-3-6/h6,15H,2-5,13H2,1H3,(H2,14,17)(H,16,18). The summed E-state index contributed by atoms with van der Waals surface area (Å²) >= 11 is 1.14. The summed E-state index contributed by atoms with van der Waals surface area (Å²) in [5.74, 6) is -0.901. The highest BCUT2D eigenvalue weighted by Crippen LogP contribution is 2.35. The third kappa shape index (κ3) is 3.20. The maximum Gasteiger partial charge on any atom is 0.263 e. The molecule has 1 saturated carbocycles. The van der Waals surface area contributed by atoms with Crippen LogP contribution >= 0.6 is 11.3 Å². The summed E-state index contributed by atoms with van der Waals surface area (Å²) in [5.41, 5.74) is 11.5. The zero-order valence-electron chi connectivity index (χ0n) is 11.2. The van der Waals surface area contributed by atoms with Crippen LogP contribution in [0.15, 0.2) is 0 Å². The van der Waals surface area contributed by atoms with Crippen LogP contribution in [0.2, 0.25) is 0 Å². The van der Waals surface area contributed by atoms with Crippen LogP contribution in [-0.4, -0.2) is 38.1 Å². The molecule has 1 aliphatic carbocycles. The Morgan fingerprint density at radius 1 is 1.45 bits per heavy atom. The van der Waals surface area contributed by atoms with Gasteiger partial charge < -0.3 is 26.8 Å². The number of carbonyl (C=O) groups is 2. The molecule has 0 radical (unpaired) electrons. The molecule has 2 rings (SSSR count). The molecule has 110 valence electrons. The maximum absolute atomic E-state index is 12.0. The second kappa shape index (κ2) is 6.10. The minimum atomic E-state index is -0.649. The third-order valence-corrected chi connectivity index (χ3v) is 4.06. The predicted octanol–water partition coefficient (Wildman–Crippen LogP) is 0.380. The lowest BCUT2D eigenvalue weighted by Crippen LogP contribution is -2.25. The second-order valence-corrected chi connectivity index (χ2v) is 5.60. The van der Waals surface area contributed by atoms with E-state index in [4.69, 9.17) is 16.2 Å². The Kier molecular flexibility index (Phi) is 4.46. The van der Waals surface area contributed by atoms with Gasteiger partial charge >= 0.3 is 0 Å². The van der Waals surface area contributed by atoms with Crippen molar-refractivity contribution in [3.05, 3.63) is 10.4 Å². The van der Waals surface area contributed by atoms with Crippen LogP contribution < -0.4 is 22.1 Å².